The highest BCUT2D eigenvalue weighted by atomic mass is 79.9. The van der Waals surface area contributed by atoms with Gasteiger partial charge in [0.15, 0.2) is 0 Å². The fourth-order valence-electron chi connectivity index (χ4n) is 2.02. The monoisotopic (exact) mass is 396 g/mol. The number of nitrogens with zero attached hydrogens (tertiary/aromatic N) is 2. The summed E-state index contributed by atoms with van der Waals surface area (Å²) in [6, 6.07) is 9.07. The molecule has 0 fully saturated rings. The van der Waals surface area contributed by atoms with E-state index in [1.165, 1.54) is 0 Å². The first kappa shape index (κ1) is 17.8. The summed E-state index contributed by atoms with van der Waals surface area (Å²) in [6.07, 6.45) is 4.98. The first-order valence-electron chi connectivity index (χ1n) is 7.30. The molecule has 0 aliphatic rings. The number of hydrogen-bond acceptors (Lipinski definition) is 3. The summed E-state index contributed by atoms with van der Waals surface area (Å²) in [4.78, 5) is 17.9. The quantitative estimate of drug-likeness (QED) is 0.649. The van der Waals surface area contributed by atoms with Gasteiger partial charge in [-0.15, -0.1) is 0 Å². The van der Waals surface area contributed by atoms with Crippen LogP contribution in [0.15, 0.2) is 47.2 Å². The number of aromatic nitrogens is 1. The van der Waals surface area contributed by atoms with Crippen LogP contribution < -0.4 is 4.74 Å². The lowest BCUT2D eigenvalue weighted by atomic mass is 10.2. The van der Waals surface area contributed by atoms with Crippen molar-refractivity contribution < 1.29 is 9.53 Å². The van der Waals surface area contributed by atoms with Crippen molar-refractivity contribution in [2.75, 3.05) is 20.2 Å². The Balaban J connectivity index is 1.69. The molecule has 2 aromatic rings. The van der Waals surface area contributed by atoms with Crippen molar-refractivity contribution >= 4 is 33.4 Å². The van der Waals surface area contributed by atoms with Crippen molar-refractivity contribution in [3.05, 3.63) is 57.8 Å². The van der Waals surface area contributed by atoms with E-state index in [0.29, 0.717) is 23.7 Å². The molecular weight excluding hydrogens is 380 g/mol. The zero-order valence-electron chi connectivity index (χ0n) is 12.8. The Morgan fingerprint density at radius 3 is 2.70 bits per heavy atom. The Bertz CT molecular complexity index is 649. The molecule has 0 N–H and O–H groups in total. The maximum atomic E-state index is 12.2. The molecule has 0 aliphatic heterocycles. The molecule has 0 radical (unpaired) electrons. The summed E-state index contributed by atoms with van der Waals surface area (Å²) in [6.45, 7) is 1.29. The summed E-state index contributed by atoms with van der Waals surface area (Å²) in [7, 11) is 1.79. The van der Waals surface area contributed by atoms with E-state index < -0.39 is 0 Å². The van der Waals surface area contributed by atoms with Crippen molar-refractivity contribution in [2.24, 2.45) is 0 Å². The van der Waals surface area contributed by atoms with Crippen LogP contribution in [0.3, 0.4) is 0 Å². The van der Waals surface area contributed by atoms with E-state index in [1.807, 2.05) is 12.1 Å². The van der Waals surface area contributed by atoms with Crippen LogP contribution in [0.25, 0.3) is 0 Å². The number of halogens is 2. The van der Waals surface area contributed by atoms with Gasteiger partial charge in [-0.1, -0.05) is 11.6 Å². The summed E-state index contributed by atoms with van der Waals surface area (Å²) in [5.41, 5.74) is 0.583. The summed E-state index contributed by atoms with van der Waals surface area (Å²) in [5, 5.41) is 0.694. The van der Waals surface area contributed by atoms with Crippen LogP contribution in [0, 0.1) is 0 Å². The Morgan fingerprint density at radius 2 is 2.00 bits per heavy atom. The molecule has 1 aromatic carbocycles. The highest BCUT2D eigenvalue weighted by Gasteiger charge is 2.11. The Morgan fingerprint density at radius 1 is 1.26 bits per heavy atom. The van der Waals surface area contributed by atoms with Crippen molar-refractivity contribution in [3.63, 3.8) is 0 Å². The third kappa shape index (κ3) is 5.84. The minimum Gasteiger partial charge on any atom is -0.494 e. The minimum atomic E-state index is -0.0302. The third-order valence-corrected chi connectivity index (χ3v) is 3.95. The zero-order valence-corrected chi connectivity index (χ0v) is 15.2. The van der Waals surface area contributed by atoms with Gasteiger partial charge in [0.25, 0.3) is 5.91 Å². The maximum Gasteiger partial charge on any atom is 0.255 e. The highest BCUT2D eigenvalue weighted by molar-refractivity contribution is 9.10. The number of pyridine rings is 1. The highest BCUT2D eigenvalue weighted by Crippen LogP contribution is 2.16. The standard InChI is InChI=1S/C17H18BrClN2O2/c1-21(17(22)13-10-14(18)12-20-11-13)8-2-3-9-23-16-6-4-15(19)5-7-16/h4-7,10-12H,2-3,8-9H2,1H3. The number of unbranched alkanes of at least 4 members (excludes halogenated alkanes) is 1. The second-order valence-corrected chi connectivity index (χ2v) is 6.48. The largest absolute Gasteiger partial charge is 0.494 e. The van der Waals surface area contributed by atoms with Gasteiger partial charge in [0, 0.05) is 35.5 Å². The molecule has 1 amide bonds. The molecule has 0 saturated carbocycles. The first-order valence-corrected chi connectivity index (χ1v) is 8.48. The molecule has 0 bridgehead atoms. The lowest BCUT2D eigenvalue weighted by Gasteiger charge is -2.17. The van der Waals surface area contributed by atoms with Gasteiger partial charge in [-0.05, 0) is 59.1 Å². The fourth-order valence-corrected chi connectivity index (χ4v) is 2.51. The molecular formula is C17H18BrClN2O2. The van der Waals surface area contributed by atoms with Crippen LogP contribution in [-0.4, -0.2) is 36.0 Å². The number of amides is 1. The molecule has 0 saturated heterocycles. The molecule has 4 nitrogen and oxygen atoms in total. The van der Waals surface area contributed by atoms with Gasteiger partial charge in [-0.3, -0.25) is 9.78 Å². The minimum absolute atomic E-state index is 0.0302. The molecule has 1 heterocycles. The lowest BCUT2D eigenvalue weighted by molar-refractivity contribution is 0.0790. The van der Waals surface area contributed by atoms with Gasteiger partial charge >= 0.3 is 0 Å². The molecule has 0 spiro atoms. The Labute approximate surface area is 149 Å². The predicted octanol–water partition coefficient (Wildman–Crippen LogP) is 4.43. The van der Waals surface area contributed by atoms with Gasteiger partial charge in [0.1, 0.15) is 5.75 Å². The van der Waals surface area contributed by atoms with Crippen molar-refractivity contribution in [1.29, 1.82) is 0 Å². The summed E-state index contributed by atoms with van der Waals surface area (Å²) < 4.78 is 6.42. The van der Waals surface area contributed by atoms with E-state index in [0.717, 1.165) is 23.1 Å². The Kier molecular flexibility index (Phi) is 6.86. The van der Waals surface area contributed by atoms with Crippen LogP contribution in [0.4, 0.5) is 0 Å². The van der Waals surface area contributed by atoms with E-state index in [2.05, 4.69) is 20.9 Å². The summed E-state index contributed by atoms with van der Waals surface area (Å²) in [5.74, 6) is 0.775. The SMILES string of the molecule is CN(CCCCOc1ccc(Cl)cc1)C(=O)c1cncc(Br)c1. The molecule has 6 heteroatoms. The first-order chi connectivity index (χ1) is 11.1. The molecule has 0 aliphatic carbocycles. The second-order valence-electron chi connectivity index (χ2n) is 5.13. The van der Waals surface area contributed by atoms with E-state index in [1.54, 1.807) is 42.5 Å². The summed E-state index contributed by atoms with van der Waals surface area (Å²) >= 11 is 9.14. The van der Waals surface area contributed by atoms with Crippen LogP contribution >= 0.6 is 27.5 Å². The molecule has 1 aromatic heterocycles. The van der Waals surface area contributed by atoms with Gasteiger partial charge < -0.3 is 9.64 Å². The molecule has 0 unspecified atom stereocenters. The van der Waals surface area contributed by atoms with Crippen molar-refractivity contribution in [2.45, 2.75) is 12.8 Å². The third-order valence-electron chi connectivity index (χ3n) is 3.27. The van der Waals surface area contributed by atoms with E-state index in [9.17, 15) is 4.79 Å². The van der Waals surface area contributed by atoms with Crippen LogP contribution in [-0.2, 0) is 0 Å². The maximum absolute atomic E-state index is 12.2. The average molecular weight is 398 g/mol. The van der Waals surface area contributed by atoms with Gasteiger partial charge in [-0.25, -0.2) is 0 Å². The van der Waals surface area contributed by atoms with E-state index in [4.69, 9.17) is 16.3 Å². The Hall–Kier alpha value is -1.59. The smallest absolute Gasteiger partial charge is 0.255 e. The molecule has 0 atom stereocenters. The van der Waals surface area contributed by atoms with Gasteiger partial charge in [0.2, 0.25) is 0 Å². The fraction of sp³-hybridized carbons (Fsp3) is 0.294. The number of benzene rings is 1. The van der Waals surface area contributed by atoms with Crippen LogP contribution in [0.1, 0.15) is 23.2 Å². The number of carbonyl (C=O) groups excluding carboxylic acids is 1. The number of ether oxygens (including phenoxy) is 1. The molecule has 2 rings (SSSR count). The average Bonchev–Trinajstić information content (AvgIpc) is 2.55. The number of rotatable bonds is 7. The zero-order chi connectivity index (χ0) is 16.7. The van der Waals surface area contributed by atoms with Crippen molar-refractivity contribution in [3.8, 4) is 5.75 Å². The van der Waals surface area contributed by atoms with Gasteiger partial charge in [0.05, 0.1) is 12.2 Å². The van der Waals surface area contributed by atoms with E-state index in [-0.39, 0.29) is 5.91 Å². The van der Waals surface area contributed by atoms with Crippen LogP contribution in [0.5, 0.6) is 5.75 Å². The number of carbonyl (C=O) groups is 1. The van der Waals surface area contributed by atoms with E-state index >= 15 is 0 Å². The lowest BCUT2D eigenvalue weighted by Crippen LogP contribution is -2.28. The molecule has 23 heavy (non-hydrogen) atoms. The van der Waals surface area contributed by atoms with Crippen molar-refractivity contribution in [1.82, 2.24) is 9.88 Å². The molecule has 122 valence electrons. The number of hydrogen-bond donors (Lipinski definition) is 0. The predicted molar refractivity (Wildman–Crippen MR) is 95.1 cm³/mol. The van der Waals surface area contributed by atoms with Gasteiger partial charge in [-0.2, -0.15) is 0 Å². The topological polar surface area (TPSA) is 42.4 Å². The van der Waals surface area contributed by atoms with Crippen LogP contribution in [0.2, 0.25) is 5.02 Å². The normalized spacial score (nSPS) is 10.4. The second kappa shape index (κ2) is 8.89.